The van der Waals surface area contributed by atoms with Crippen molar-refractivity contribution in [2.75, 3.05) is 13.4 Å². The Morgan fingerprint density at radius 3 is 2.71 bits per heavy atom. The van der Waals surface area contributed by atoms with Gasteiger partial charge in [0.2, 0.25) is 6.79 Å². The number of fused-ring (bicyclic) bond motifs is 2. The zero-order valence-corrected chi connectivity index (χ0v) is 15.5. The number of rotatable bonds is 5. The fourth-order valence-electron chi connectivity index (χ4n) is 2.85. The highest BCUT2D eigenvalue weighted by molar-refractivity contribution is 5.87. The number of phenols is 1. The molecule has 1 aliphatic rings. The van der Waals surface area contributed by atoms with Crippen LogP contribution in [0.25, 0.3) is 16.7 Å². The molecule has 1 aromatic heterocycles. The van der Waals surface area contributed by atoms with E-state index in [0.29, 0.717) is 33.8 Å². The van der Waals surface area contributed by atoms with Crippen LogP contribution < -0.4 is 9.47 Å². The number of phenolic OH excluding ortho intramolecular Hbond substituents is 1. The maximum atomic E-state index is 11.6. The molecule has 8 heteroatoms. The number of carbonyl (C=O) groups excluding carboxylic acids is 1. The van der Waals surface area contributed by atoms with Crippen molar-refractivity contribution >= 4 is 17.0 Å². The number of ether oxygens (including phenoxy) is 3. The van der Waals surface area contributed by atoms with E-state index in [0.717, 1.165) is 5.56 Å². The van der Waals surface area contributed by atoms with Crippen molar-refractivity contribution in [1.29, 1.82) is 0 Å². The minimum absolute atomic E-state index is 0.00939. The molecule has 4 rings (SSSR count). The van der Waals surface area contributed by atoms with Crippen LogP contribution in [-0.4, -0.2) is 39.5 Å². The van der Waals surface area contributed by atoms with Crippen LogP contribution in [0.3, 0.4) is 0 Å². The molecule has 0 saturated heterocycles. The SMILES string of the molecule is C=C(C)C(=O)OCC(C)c1ccc2nn(-c3cc4c(cc3O)OCO4)nc2c1. The number of aromatic hydroxyl groups is 1. The van der Waals surface area contributed by atoms with Crippen molar-refractivity contribution in [3.8, 4) is 22.9 Å². The predicted octanol–water partition coefficient (Wildman–Crippen LogP) is 3.08. The lowest BCUT2D eigenvalue weighted by Gasteiger charge is -2.12. The van der Waals surface area contributed by atoms with E-state index in [9.17, 15) is 9.90 Å². The summed E-state index contributed by atoms with van der Waals surface area (Å²) in [5.41, 5.74) is 3.06. The fraction of sp³-hybridized carbons (Fsp3) is 0.250. The van der Waals surface area contributed by atoms with Crippen LogP contribution in [0.2, 0.25) is 0 Å². The molecule has 0 amide bonds. The quantitative estimate of drug-likeness (QED) is 0.536. The van der Waals surface area contributed by atoms with Crippen molar-refractivity contribution in [3.05, 3.63) is 48.0 Å². The number of carbonyl (C=O) groups is 1. The average Bonchev–Trinajstić information content (AvgIpc) is 3.30. The van der Waals surface area contributed by atoms with Gasteiger partial charge in [-0.2, -0.15) is 0 Å². The van der Waals surface area contributed by atoms with Crippen LogP contribution in [0.4, 0.5) is 0 Å². The zero-order valence-electron chi connectivity index (χ0n) is 15.5. The Balaban J connectivity index is 1.60. The first-order valence-corrected chi connectivity index (χ1v) is 8.75. The highest BCUT2D eigenvalue weighted by Crippen LogP contribution is 2.39. The zero-order chi connectivity index (χ0) is 19.8. The molecule has 1 aliphatic heterocycles. The molecule has 8 nitrogen and oxygen atoms in total. The fourth-order valence-corrected chi connectivity index (χ4v) is 2.85. The second-order valence-electron chi connectivity index (χ2n) is 6.71. The van der Waals surface area contributed by atoms with Gasteiger partial charge < -0.3 is 19.3 Å². The van der Waals surface area contributed by atoms with Gasteiger partial charge in [-0.25, -0.2) is 4.79 Å². The van der Waals surface area contributed by atoms with E-state index in [2.05, 4.69) is 16.8 Å². The second-order valence-corrected chi connectivity index (χ2v) is 6.71. The number of benzene rings is 2. The van der Waals surface area contributed by atoms with Crippen molar-refractivity contribution in [2.24, 2.45) is 0 Å². The van der Waals surface area contributed by atoms with E-state index >= 15 is 0 Å². The van der Waals surface area contributed by atoms with Crippen LogP contribution in [0, 0.1) is 0 Å². The third-order valence-corrected chi connectivity index (χ3v) is 4.47. The van der Waals surface area contributed by atoms with E-state index in [1.165, 1.54) is 10.9 Å². The lowest BCUT2D eigenvalue weighted by atomic mass is 10.0. The maximum Gasteiger partial charge on any atom is 0.333 e. The molecule has 0 saturated carbocycles. The Hall–Kier alpha value is -3.55. The summed E-state index contributed by atoms with van der Waals surface area (Å²) in [6, 6.07) is 8.77. The van der Waals surface area contributed by atoms with Crippen molar-refractivity contribution < 1.29 is 24.1 Å². The van der Waals surface area contributed by atoms with E-state index in [1.54, 1.807) is 13.0 Å². The van der Waals surface area contributed by atoms with Gasteiger partial charge in [0.05, 0.1) is 6.61 Å². The van der Waals surface area contributed by atoms with Crippen LogP contribution in [0.1, 0.15) is 25.3 Å². The molecule has 144 valence electrons. The molecule has 0 bridgehead atoms. The first kappa shape index (κ1) is 17.8. The van der Waals surface area contributed by atoms with Gasteiger partial charge >= 0.3 is 5.97 Å². The lowest BCUT2D eigenvalue weighted by molar-refractivity contribution is -0.139. The largest absolute Gasteiger partial charge is 0.505 e. The summed E-state index contributed by atoms with van der Waals surface area (Å²) in [5, 5.41) is 19.2. The van der Waals surface area contributed by atoms with Gasteiger partial charge in [0.25, 0.3) is 0 Å². The van der Waals surface area contributed by atoms with Gasteiger partial charge in [-0.05, 0) is 24.6 Å². The molecule has 3 aromatic rings. The molecule has 1 unspecified atom stereocenters. The summed E-state index contributed by atoms with van der Waals surface area (Å²) in [5.74, 6) is 0.583. The Morgan fingerprint density at radius 1 is 1.25 bits per heavy atom. The van der Waals surface area contributed by atoms with Crippen LogP contribution in [0.15, 0.2) is 42.5 Å². The second kappa shape index (κ2) is 6.88. The number of aromatic nitrogens is 3. The van der Waals surface area contributed by atoms with Gasteiger partial charge in [-0.15, -0.1) is 15.0 Å². The standard InChI is InChI=1S/C20H19N3O5/c1-11(2)20(25)26-9-12(3)13-4-5-14-15(6-13)22-23(21-14)16-7-18-19(8-17(16)24)28-10-27-18/h4-8,12,24H,1,9-10H2,2-3H3. The summed E-state index contributed by atoms with van der Waals surface area (Å²) in [6.07, 6.45) is 0. The summed E-state index contributed by atoms with van der Waals surface area (Å²) >= 11 is 0. The molecular formula is C20H19N3O5. The van der Waals surface area contributed by atoms with Crippen LogP contribution in [0.5, 0.6) is 17.2 Å². The number of nitrogens with zero attached hydrogens (tertiary/aromatic N) is 3. The molecule has 0 fully saturated rings. The summed E-state index contributed by atoms with van der Waals surface area (Å²) < 4.78 is 15.8. The van der Waals surface area contributed by atoms with E-state index in [1.807, 2.05) is 25.1 Å². The third-order valence-electron chi connectivity index (χ3n) is 4.47. The monoisotopic (exact) mass is 381 g/mol. The Kier molecular flexibility index (Phi) is 4.38. The number of hydrogen-bond acceptors (Lipinski definition) is 7. The lowest BCUT2D eigenvalue weighted by Crippen LogP contribution is -2.11. The Bertz CT molecular complexity index is 1090. The molecule has 1 N–H and O–H groups in total. The summed E-state index contributed by atoms with van der Waals surface area (Å²) in [6.45, 7) is 7.51. The van der Waals surface area contributed by atoms with Crippen molar-refractivity contribution in [3.63, 3.8) is 0 Å². The smallest absolute Gasteiger partial charge is 0.333 e. The number of esters is 1. The minimum Gasteiger partial charge on any atom is -0.505 e. The first-order chi connectivity index (χ1) is 13.4. The maximum absolute atomic E-state index is 11.6. The third kappa shape index (κ3) is 3.24. The normalized spacial score (nSPS) is 13.5. The number of hydrogen-bond donors (Lipinski definition) is 1. The molecule has 28 heavy (non-hydrogen) atoms. The molecule has 1 atom stereocenters. The molecule has 2 heterocycles. The Labute approximate surface area is 160 Å². The Morgan fingerprint density at radius 2 is 1.96 bits per heavy atom. The highest BCUT2D eigenvalue weighted by atomic mass is 16.7. The average molecular weight is 381 g/mol. The first-order valence-electron chi connectivity index (χ1n) is 8.75. The van der Waals surface area contributed by atoms with Crippen molar-refractivity contribution in [2.45, 2.75) is 19.8 Å². The van der Waals surface area contributed by atoms with E-state index in [4.69, 9.17) is 14.2 Å². The van der Waals surface area contributed by atoms with Gasteiger partial charge in [0, 0.05) is 23.6 Å². The van der Waals surface area contributed by atoms with Crippen LogP contribution >= 0.6 is 0 Å². The predicted molar refractivity (Wildman–Crippen MR) is 101 cm³/mol. The van der Waals surface area contributed by atoms with E-state index < -0.39 is 5.97 Å². The minimum atomic E-state index is -0.405. The molecule has 2 aromatic carbocycles. The van der Waals surface area contributed by atoms with Gasteiger partial charge in [0.1, 0.15) is 22.5 Å². The molecule has 0 spiro atoms. The summed E-state index contributed by atoms with van der Waals surface area (Å²) in [4.78, 5) is 12.9. The van der Waals surface area contributed by atoms with E-state index in [-0.39, 0.29) is 25.1 Å². The van der Waals surface area contributed by atoms with Gasteiger partial charge in [-0.3, -0.25) is 0 Å². The van der Waals surface area contributed by atoms with Gasteiger partial charge in [0.15, 0.2) is 11.5 Å². The van der Waals surface area contributed by atoms with Crippen LogP contribution in [-0.2, 0) is 9.53 Å². The molecule has 0 aliphatic carbocycles. The van der Waals surface area contributed by atoms with Crippen molar-refractivity contribution in [1.82, 2.24) is 15.0 Å². The summed E-state index contributed by atoms with van der Waals surface area (Å²) in [7, 11) is 0. The van der Waals surface area contributed by atoms with Gasteiger partial charge in [-0.1, -0.05) is 19.6 Å². The molecular weight excluding hydrogens is 362 g/mol. The topological polar surface area (TPSA) is 95.7 Å². The highest BCUT2D eigenvalue weighted by Gasteiger charge is 2.20. The molecule has 0 radical (unpaired) electrons.